The second kappa shape index (κ2) is 6.12. The SMILES string of the molecule is CC(NC(C)(C)CC(C)(C)C)c1ccc(C(C)(C)C)cc1. The summed E-state index contributed by atoms with van der Waals surface area (Å²) in [6.45, 7) is 20.6. The third kappa shape index (κ3) is 6.22. The zero-order valence-electron chi connectivity index (χ0n) is 15.6. The Kier molecular flexibility index (Phi) is 5.31. The number of rotatable bonds is 4. The first-order valence-electron chi connectivity index (χ1n) is 8.18. The highest BCUT2D eigenvalue weighted by atomic mass is 15.0. The van der Waals surface area contributed by atoms with E-state index in [0.29, 0.717) is 11.5 Å². The summed E-state index contributed by atoms with van der Waals surface area (Å²) in [5.41, 5.74) is 3.46. The van der Waals surface area contributed by atoms with Crippen molar-refractivity contribution in [3.05, 3.63) is 35.4 Å². The third-order valence-electron chi connectivity index (χ3n) is 3.86. The summed E-state index contributed by atoms with van der Waals surface area (Å²) in [6, 6.07) is 9.45. The third-order valence-corrected chi connectivity index (χ3v) is 3.86. The van der Waals surface area contributed by atoms with Crippen LogP contribution in [0.2, 0.25) is 0 Å². The normalized spacial score (nSPS) is 15.1. The van der Waals surface area contributed by atoms with E-state index in [-0.39, 0.29) is 11.0 Å². The molecule has 120 valence electrons. The van der Waals surface area contributed by atoms with Gasteiger partial charge in [0.15, 0.2) is 0 Å². The minimum absolute atomic E-state index is 0.139. The van der Waals surface area contributed by atoms with Gasteiger partial charge in [0.2, 0.25) is 0 Å². The minimum atomic E-state index is 0.139. The summed E-state index contributed by atoms with van der Waals surface area (Å²) in [4.78, 5) is 0. The van der Waals surface area contributed by atoms with Crippen LogP contribution < -0.4 is 5.32 Å². The van der Waals surface area contributed by atoms with Gasteiger partial charge in [-0.3, -0.25) is 0 Å². The molecule has 0 saturated heterocycles. The number of nitrogens with one attached hydrogen (secondary N) is 1. The molecule has 0 spiro atoms. The lowest BCUT2D eigenvalue weighted by Crippen LogP contribution is -2.43. The van der Waals surface area contributed by atoms with Gasteiger partial charge in [-0.05, 0) is 49.1 Å². The molecule has 1 nitrogen and oxygen atoms in total. The monoisotopic (exact) mass is 289 g/mol. The van der Waals surface area contributed by atoms with Crippen LogP contribution in [0.4, 0.5) is 0 Å². The average molecular weight is 290 g/mol. The molecule has 0 amide bonds. The van der Waals surface area contributed by atoms with E-state index in [2.05, 4.69) is 91.9 Å². The number of hydrogen-bond donors (Lipinski definition) is 1. The molecular formula is C20H35N. The Morgan fingerprint density at radius 1 is 0.857 bits per heavy atom. The van der Waals surface area contributed by atoms with Crippen LogP contribution in [0.3, 0.4) is 0 Å². The maximum Gasteiger partial charge on any atom is 0.0296 e. The molecule has 0 radical (unpaired) electrons. The fourth-order valence-electron chi connectivity index (χ4n) is 3.32. The van der Waals surface area contributed by atoms with E-state index in [9.17, 15) is 0 Å². The Morgan fingerprint density at radius 2 is 1.33 bits per heavy atom. The van der Waals surface area contributed by atoms with Crippen LogP contribution in [0, 0.1) is 5.41 Å². The zero-order valence-corrected chi connectivity index (χ0v) is 15.6. The Bertz CT molecular complexity index is 440. The van der Waals surface area contributed by atoms with Gasteiger partial charge in [-0.15, -0.1) is 0 Å². The van der Waals surface area contributed by atoms with Crippen molar-refractivity contribution in [1.82, 2.24) is 5.32 Å². The van der Waals surface area contributed by atoms with Gasteiger partial charge in [-0.2, -0.15) is 0 Å². The van der Waals surface area contributed by atoms with E-state index in [4.69, 9.17) is 0 Å². The fourth-order valence-corrected chi connectivity index (χ4v) is 3.32. The van der Waals surface area contributed by atoms with Gasteiger partial charge in [-0.25, -0.2) is 0 Å². The van der Waals surface area contributed by atoms with Gasteiger partial charge >= 0.3 is 0 Å². The molecule has 1 aromatic carbocycles. The van der Waals surface area contributed by atoms with Crippen LogP contribution in [0.1, 0.15) is 85.9 Å². The second-order valence-corrected chi connectivity index (χ2v) is 9.36. The van der Waals surface area contributed by atoms with Gasteiger partial charge in [-0.1, -0.05) is 65.8 Å². The predicted molar refractivity (Wildman–Crippen MR) is 94.8 cm³/mol. The number of benzene rings is 1. The lowest BCUT2D eigenvalue weighted by Gasteiger charge is -2.36. The van der Waals surface area contributed by atoms with E-state index in [1.54, 1.807) is 0 Å². The summed E-state index contributed by atoms with van der Waals surface area (Å²) in [6.07, 6.45) is 1.16. The molecular weight excluding hydrogens is 254 g/mol. The first-order chi connectivity index (χ1) is 9.30. The van der Waals surface area contributed by atoms with E-state index in [1.165, 1.54) is 11.1 Å². The largest absolute Gasteiger partial charge is 0.305 e. The average Bonchev–Trinajstić information content (AvgIpc) is 2.23. The smallest absolute Gasteiger partial charge is 0.0296 e. The number of hydrogen-bond acceptors (Lipinski definition) is 1. The van der Waals surface area contributed by atoms with Crippen LogP contribution in [0.5, 0.6) is 0 Å². The highest BCUT2D eigenvalue weighted by Gasteiger charge is 2.27. The van der Waals surface area contributed by atoms with Crippen molar-refractivity contribution in [2.24, 2.45) is 5.41 Å². The van der Waals surface area contributed by atoms with Crippen molar-refractivity contribution in [2.45, 2.75) is 85.7 Å². The molecule has 0 fully saturated rings. The summed E-state index contributed by atoms with van der Waals surface area (Å²) in [5, 5.41) is 3.79. The zero-order chi connectivity index (χ0) is 16.5. The summed E-state index contributed by atoms with van der Waals surface area (Å²) >= 11 is 0. The fraction of sp³-hybridized carbons (Fsp3) is 0.700. The maximum atomic E-state index is 3.79. The van der Waals surface area contributed by atoms with Gasteiger partial charge < -0.3 is 5.32 Å². The minimum Gasteiger partial charge on any atom is -0.305 e. The van der Waals surface area contributed by atoms with E-state index in [1.807, 2.05) is 0 Å². The van der Waals surface area contributed by atoms with Gasteiger partial charge in [0.25, 0.3) is 0 Å². The molecule has 0 aliphatic rings. The van der Waals surface area contributed by atoms with Gasteiger partial charge in [0.1, 0.15) is 0 Å². The van der Waals surface area contributed by atoms with Crippen molar-refractivity contribution >= 4 is 0 Å². The highest BCUT2D eigenvalue weighted by molar-refractivity contribution is 5.29. The maximum absolute atomic E-state index is 3.79. The van der Waals surface area contributed by atoms with Crippen molar-refractivity contribution in [3.8, 4) is 0 Å². The van der Waals surface area contributed by atoms with Crippen LogP contribution in [-0.4, -0.2) is 5.54 Å². The second-order valence-electron chi connectivity index (χ2n) is 9.36. The first-order valence-corrected chi connectivity index (χ1v) is 8.18. The summed E-state index contributed by atoms with van der Waals surface area (Å²) in [5.74, 6) is 0. The highest BCUT2D eigenvalue weighted by Crippen LogP contribution is 2.29. The Hall–Kier alpha value is -0.820. The molecule has 0 aliphatic carbocycles. The van der Waals surface area contributed by atoms with Crippen molar-refractivity contribution in [3.63, 3.8) is 0 Å². The van der Waals surface area contributed by atoms with Crippen LogP contribution in [0.15, 0.2) is 24.3 Å². The Balaban J connectivity index is 2.78. The molecule has 1 aromatic rings. The lowest BCUT2D eigenvalue weighted by atomic mass is 9.81. The van der Waals surface area contributed by atoms with Crippen LogP contribution >= 0.6 is 0 Å². The molecule has 0 saturated carbocycles. The summed E-state index contributed by atoms with van der Waals surface area (Å²) < 4.78 is 0. The van der Waals surface area contributed by atoms with E-state index in [0.717, 1.165) is 6.42 Å². The molecule has 1 unspecified atom stereocenters. The molecule has 1 heteroatoms. The van der Waals surface area contributed by atoms with Gasteiger partial charge in [0.05, 0.1) is 0 Å². The van der Waals surface area contributed by atoms with Crippen molar-refractivity contribution in [1.29, 1.82) is 0 Å². The quantitative estimate of drug-likeness (QED) is 0.733. The van der Waals surface area contributed by atoms with Gasteiger partial charge in [0, 0.05) is 11.6 Å². The Labute approximate surface area is 132 Å². The molecule has 0 aromatic heterocycles. The first kappa shape index (κ1) is 18.2. The van der Waals surface area contributed by atoms with Crippen LogP contribution in [0.25, 0.3) is 0 Å². The molecule has 0 bridgehead atoms. The topological polar surface area (TPSA) is 12.0 Å². The molecule has 21 heavy (non-hydrogen) atoms. The van der Waals surface area contributed by atoms with E-state index < -0.39 is 0 Å². The van der Waals surface area contributed by atoms with Crippen molar-refractivity contribution in [2.75, 3.05) is 0 Å². The molecule has 0 aliphatic heterocycles. The Morgan fingerprint density at radius 3 is 1.71 bits per heavy atom. The molecule has 1 atom stereocenters. The lowest BCUT2D eigenvalue weighted by molar-refractivity contribution is 0.227. The van der Waals surface area contributed by atoms with Crippen molar-refractivity contribution < 1.29 is 0 Å². The molecule has 0 heterocycles. The predicted octanol–water partition coefficient (Wildman–Crippen LogP) is 5.85. The molecule has 1 rings (SSSR count). The standard InChI is InChI=1S/C20H35N/c1-15(21-20(8,9)14-18(2,3)4)16-10-12-17(13-11-16)19(5,6)7/h10-13,15,21H,14H2,1-9H3. The summed E-state index contributed by atoms with van der Waals surface area (Å²) in [7, 11) is 0. The van der Waals surface area contributed by atoms with E-state index >= 15 is 0 Å². The molecule has 1 N–H and O–H groups in total. The van der Waals surface area contributed by atoms with Crippen LogP contribution in [-0.2, 0) is 5.41 Å².